The number of aliphatic hydroxyl groups is 3. The van der Waals surface area contributed by atoms with E-state index in [-0.39, 0.29) is 36.2 Å². The van der Waals surface area contributed by atoms with Gasteiger partial charge in [-0.1, -0.05) is 6.07 Å². The number of aliphatic hydroxyl groups excluding tert-OH is 3. The SMILES string of the molecule is CN(C)CC(=O)Nc1ccc2c(c1O)C(=O)/C1=C(\O)CC(=O)/C(C(N)=O)=C(/O)[C@@H](N(C)C)[C@@H](O)C[C@@H]1C2. The van der Waals surface area contributed by atoms with Gasteiger partial charge in [0.05, 0.1) is 36.4 Å². The number of amides is 2. The van der Waals surface area contributed by atoms with Gasteiger partial charge in [-0.05, 0) is 58.6 Å². The average molecular weight is 517 g/mol. The summed E-state index contributed by atoms with van der Waals surface area (Å²) in [5.41, 5.74) is 4.63. The molecule has 0 unspecified atom stereocenters. The Morgan fingerprint density at radius 2 is 1.76 bits per heavy atom. The van der Waals surface area contributed by atoms with E-state index >= 15 is 0 Å². The Balaban J connectivity index is 2.13. The van der Waals surface area contributed by atoms with Crippen molar-refractivity contribution >= 4 is 29.1 Å². The minimum Gasteiger partial charge on any atom is -0.511 e. The van der Waals surface area contributed by atoms with Crippen LogP contribution in [0.2, 0.25) is 0 Å². The second-order valence-electron chi connectivity index (χ2n) is 9.81. The summed E-state index contributed by atoms with van der Waals surface area (Å²) >= 11 is 0. The molecule has 0 heterocycles. The Labute approximate surface area is 213 Å². The number of likely N-dealkylation sites (N-methyl/N-ethyl adjacent to an activating group) is 2. The van der Waals surface area contributed by atoms with Gasteiger partial charge in [-0.2, -0.15) is 0 Å². The van der Waals surface area contributed by atoms with Crippen molar-refractivity contribution in [2.45, 2.75) is 31.4 Å². The van der Waals surface area contributed by atoms with Gasteiger partial charge >= 0.3 is 0 Å². The second kappa shape index (κ2) is 10.7. The molecule has 12 nitrogen and oxygen atoms in total. The van der Waals surface area contributed by atoms with Crippen LogP contribution in [0.3, 0.4) is 0 Å². The quantitative estimate of drug-likeness (QED) is 0.229. The first-order valence-corrected chi connectivity index (χ1v) is 11.6. The summed E-state index contributed by atoms with van der Waals surface area (Å²) in [6.45, 7) is 0.0358. The molecule has 0 radical (unpaired) electrons. The van der Waals surface area contributed by atoms with Crippen molar-refractivity contribution in [1.82, 2.24) is 9.80 Å². The van der Waals surface area contributed by atoms with Gasteiger partial charge in [0.1, 0.15) is 17.1 Å². The zero-order chi connectivity index (χ0) is 27.8. The minimum atomic E-state index is -1.37. The number of nitrogens with zero attached hydrogens (tertiary/aromatic N) is 2. The van der Waals surface area contributed by atoms with Crippen LogP contribution >= 0.6 is 0 Å². The number of hydrogen-bond acceptors (Lipinski definition) is 10. The normalized spacial score (nSPS) is 26.6. The zero-order valence-corrected chi connectivity index (χ0v) is 21.1. The monoisotopic (exact) mass is 516 g/mol. The number of carbonyl (C=O) groups excluding carboxylic acids is 4. The number of phenolic OH excluding ortho intramolecular Hbond substituents is 1. The molecular formula is C25H32N4O8. The highest BCUT2D eigenvalue weighted by Crippen LogP contribution is 2.42. The molecule has 0 saturated heterocycles. The van der Waals surface area contributed by atoms with Crippen molar-refractivity contribution in [2.24, 2.45) is 11.7 Å². The van der Waals surface area contributed by atoms with E-state index in [9.17, 15) is 39.6 Å². The van der Waals surface area contributed by atoms with E-state index in [2.05, 4.69) is 5.32 Å². The van der Waals surface area contributed by atoms with E-state index in [1.807, 2.05) is 0 Å². The number of benzene rings is 1. The molecule has 0 bridgehead atoms. The average Bonchev–Trinajstić information content (AvgIpc) is 2.73. The Hall–Kier alpha value is -3.74. The predicted octanol–water partition coefficient (Wildman–Crippen LogP) is 0.0108. The Morgan fingerprint density at radius 3 is 2.32 bits per heavy atom. The lowest BCUT2D eigenvalue weighted by molar-refractivity contribution is -0.121. The van der Waals surface area contributed by atoms with Crippen LogP contribution in [-0.4, -0.2) is 100 Å². The Bertz CT molecular complexity index is 1220. The molecule has 3 rings (SSSR count). The Morgan fingerprint density at radius 1 is 1.11 bits per heavy atom. The second-order valence-corrected chi connectivity index (χ2v) is 9.81. The molecule has 1 aromatic rings. The molecule has 200 valence electrons. The standard InChI is InChI=1S/C25H32N4O8/c1-28(2)10-17(33)27-13-6-5-11-7-12-8-16(32)21(29(3)4)24(36)20(25(26)37)15(31)9-14(30)18(12)23(35)19(11)22(13)34/h5-6,12,16,21,30,32,34,36H,7-10H2,1-4H3,(H2,26,37)(H,27,33)/b18-14-,24-20-/t12-,16-,21-/m0/s1. The van der Waals surface area contributed by atoms with Gasteiger partial charge < -0.3 is 36.4 Å². The number of Topliss-reactive ketones (excluding diaryl/α,β-unsaturated/α-hetero) is 2. The lowest BCUT2D eigenvalue weighted by Gasteiger charge is -2.35. The molecule has 2 aliphatic rings. The van der Waals surface area contributed by atoms with Gasteiger partial charge in [-0.25, -0.2) is 0 Å². The van der Waals surface area contributed by atoms with E-state index in [0.717, 1.165) is 0 Å². The number of ketones is 2. The number of nitrogens with two attached hydrogens (primary N) is 1. The van der Waals surface area contributed by atoms with Crippen molar-refractivity contribution in [3.05, 3.63) is 45.9 Å². The molecule has 2 aliphatic carbocycles. The van der Waals surface area contributed by atoms with E-state index in [0.29, 0.717) is 5.56 Å². The summed E-state index contributed by atoms with van der Waals surface area (Å²) < 4.78 is 0. The summed E-state index contributed by atoms with van der Waals surface area (Å²) in [6, 6.07) is 1.83. The molecule has 0 aliphatic heterocycles. The summed E-state index contributed by atoms with van der Waals surface area (Å²) in [5, 5.41) is 46.1. The number of carbonyl (C=O) groups is 4. The maximum atomic E-state index is 13.6. The lowest BCUT2D eigenvalue weighted by Crippen LogP contribution is -2.45. The molecule has 0 aromatic heterocycles. The largest absolute Gasteiger partial charge is 0.511 e. The number of aromatic hydroxyl groups is 1. The van der Waals surface area contributed by atoms with Gasteiger partial charge in [0.25, 0.3) is 5.91 Å². The fourth-order valence-corrected chi connectivity index (χ4v) is 4.97. The number of nitrogens with one attached hydrogen (secondary N) is 1. The lowest BCUT2D eigenvalue weighted by atomic mass is 9.73. The van der Waals surface area contributed by atoms with E-state index in [1.165, 1.54) is 25.1 Å². The fourth-order valence-electron chi connectivity index (χ4n) is 4.97. The summed E-state index contributed by atoms with van der Waals surface area (Å²) in [5.74, 6) is -6.11. The van der Waals surface area contributed by atoms with E-state index < -0.39 is 70.7 Å². The topological polar surface area (TPSA) is 194 Å². The Kier molecular flexibility index (Phi) is 8.06. The van der Waals surface area contributed by atoms with E-state index in [4.69, 9.17) is 5.73 Å². The van der Waals surface area contributed by atoms with Crippen LogP contribution in [0.4, 0.5) is 5.69 Å². The maximum Gasteiger partial charge on any atom is 0.255 e. The number of allylic oxidation sites excluding steroid dienone is 2. The molecule has 37 heavy (non-hydrogen) atoms. The molecule has 0 saturated carbocycles. The molecule has 1 aromatic carbocycles. The first-order valence-electron chi connectivity index (χ1n) is 11.6. The predicted molar refractivity (Wildman–Crippen MR) is 133 cm³/mol. The molecule has 7 N–H and O–H groups in total. The number of primary amides is 1. The van der Waals surface area contributed by atoms with E-state index in [1.54, 1.807) is 25.1 Å². The highest BCUT2D eigenvalue weighted by atomic mass is 16.3. The molecule has 12 heteroatoms. The fraction of sp³-hybridized carbons (Fsp3) is 0.440. The number of anilines is 1. The molecule has 0 spiro atoms. The molecular weight excluding hydrogens is 484 g/mol. The van der Waals surface area contributed by atoms with Crippen molar-refractivity contribution in [3.63, 3.8) is 0 Å². The first kappa shape index (κ1) is 27.8. The highest BCUT2D eigenvalue weighted by Gasteiger charge is 2.41. The minimum absolute atomic E-state index is 0.00464. The van der Waals surface area contributed by atoms with Gasteiger partial charge in [0, 0.05) is 5.57 Å². The molecule has 0 fully saturated rings. The maximum absolute atomic E-state index is 13.6. The zero-order valence-electron chi connectivity index (χ0n) is 21.1. The van der Waals surface area contributed by atoms with Crippen molar-refractivity contribution < 1.29 is 39.6 Å². The summed E-state index contributed by atoms with van der Waals surface area (Å²) in [6.07, 6.45) is -2.18. The van der Waals surface area contributed by atoms with Crippen molar-refractivity contribution in [2.75, 3.05) is 40.1 Å². The van der Waals surface area contributed by atoms with Crippen LogP contribution in [0.15, 0.2) is 34.8 Å². The van der Waals surface area contributed by atoms with Crippen LogP contribution in [0.5, 0.6) is 5.75 Å². The van der Waals surface area contributed by atoms with Crippen molar-refractivity contribution in [1.29, 1.82) is 0 Å². The van der Waals surface area contributed by atoms with Crippen LogP contribution in [0, 0.1) is 5.92 Å². The number of hydrogen-bond donors (Lipinski definition) is 6. The number of fused-ring (bicyclic) bond motifs is 2. The third kappa shape index (κ3) is 5.50. The van der Waals surface area contributed by atoms with Crippen LogP contribution in [0.1, 0.15) is 28.8 Å². The van der Waals surface area contributed by atoms with Crippen molar-refractivity contribution in [3.8, 4) is 5.75 Å². The summed E-state index contributed by atoms with van der Waals surface area (Å²) in [7, 11) is 6.44. The number of phenols is 1. The van der Waals surface area contributed by atoms with Crippen LogP contribution < -0.4 is 11.1 Å². The van der Waals surface area contributed by atoms with Gasteiger partial charge in [-0.3, -0.25) is 24.1 Å². The number of rotatable bonds is 5. The molecule has 3 atom stereocenters. The molecule has 2 amide bonds. The summed E-state index contributed by atoms with van der Waals surface area (Å²) in [4.78, 5) is 53.8. The van der Waals surface area contributed by atoms with Crippen LogP contribution in [0.25, 0.3) is 0 Å². The van der Waals surface area contributed by atoms with Gasteiger partial charge in [0.15, 0.2) is 17.3 Å². The third-order valence-corrected chi connectivity index (χ3v) is 6.49. The van der Waals surface area contributed by atoms with Gasteiger partial charge in [-0.15, -0.1) is 0 Å². The first-order chi connectivity index (χ1) is 17.2. The van der Waals surface area contributed by atoms with Gasteiger partial charge in [0.2, 0.25) is 5.91 Å². The third-order valence-electron chi connectivity index (χ3n) is 6.49. The highest BCUT2D eigenvalue weighted by molar-refractivity contribution is 6.20. The van der Waals surface area contributed by atoms with Crippen LogP contribution in [-0.2, 0) is 20.8 Å². The smallest absolute Gasteiger partial charge is 0.255 e.